The first kappa shape index (κ1) is 15.7. The lowest BCUT2D eigenvalue weighted by Gasteiger charge is -2.55. The number of hydrogen-bond donors (Lipinski definition) is 0. The van der Waals surface area contributed by atoms with Crippen LogP contribution in [0.3, 0.4) is 0 Å². The standard InChI is InChI=1S/C18H21N3O2S/c1-14-3-2-4-18(9-14)24(22,23)21-16-10-17(21)13-20(12-16)11-15-5-7-19-8-6-15/h2-9,16-17H,10-13H2,1H3. The Kier molecular flexibility index (Phi) is 3.90. The predicted molar refractivity (Wildman–Crippen MR) is 91.9 cm³/mol. The van der Waals surface area contributed by atoms with Crippen LogP contribution in [0, 0.1) is 6.92 Å². The van der Waals surface area contributed by atoms with Gasteiger partial charge in [0.2, 0.25) is 10.0 Å². The molecule has 3 aliphatic rings. The minimum absolute atomic E-state index is 0.0936. The van der Waals surface area contributed by atoms with Crippen molar-refractivity contribution in [2.45, 2.75) is 36.9 Å². The third-order valence-corrected chi connectivity index (χ3v) is 6.92. The Morgan fingerprint density at radius 2 is 1.83 bits per heavy atom. The molecule has 0 aliphatic carbocycles. The number of aromatic nitrogens is 1. The van der Waals surface area contributed by atoms with Gasteiger partial charge in [-0.25, -0.2) is 8.42 Å². The summed E-state index contributed by atoms with van der Waals surface area (Å²) in [5, 5.41) is 0. The third kappa shape index (κ3) is 2.75. The van der Waals surface area contributed by atoms with Gasteiger partial charge in [-0.15, -0.1) is 0 Å². The van der Waals surface area contributed by atoms with Crippen molar-refractivity contribution in [2.75, 3.05) is 13.1 Å². The molecule has 24 heavy (non-hydrogen) atoms. The number of pyridine rings is 1. The zero-order valence-corrected chi connectivity index (χ0v) is 14.5. The highest BCUT2D eigenvalue weighted by Crippen LogP contribution is 2.37. The largest absolute Gasteiger partial charge is 0.296 e. The van der Waals surface area contributed by atoms with Crippen LogP contribution in [0.2, 0.25) is 0 Å². The number of fused-ring (bicyclic) bond motifs is 2. The molecule has 5 rings (SSSR count). The second kappa shape index (κ2) is 5.95. The summed E-state index contributed by atoms with van der Waals surface area (Å²) in [5.74, 6) is 0. The molecule has 0 N–H and O–H groups in total. The zero-order chi connectivity index (χ0) is 16.7. The van der Waals surface area contributed by atoms with E-state index in [2.05, 4.69) is 9.88 Å². The molecule has 3 fully saturated rings. The first-order valence-corrected chi connectivity index (χ1v) is 9.69. The van der Waals surface area contributed by atoms with Gasteiger partial charge >= 0.3 is 0 Å². The monoisotopic (exact) mass is 343 g/mol. The molecular weight excluding hydrogens is 322 g/mol. The van der Waals surface area contributed by atoms with E-state index in [9.17, 15) is 8.42 Å². The van der Waals surface area contributed by atoms with Gasteiger partial charge < -0.3 is 0 Å². The van der Waals surface area contributed by atoms with E-state index < -0.39 is 10.0 Å². The fourth-order valence-corrected chi connectivity index (χ4v) is 5.75. The number of benzene rings is 1. The Labute approximate surface area is 143 Å². The summed E-state index contributed by atoms with van der Waals surface area (Å²) in [7, 11) is -3.38. The molecule has 2 aromatic rings. The molecule has 5 nitrogen and oxygen atoms in total. The highest BCUT2D eigenvalue weighted by molar-refractivity contribution is 7.89. The average Bonchev–Trinajstić information content (AvgIpc) is 2.55. The van der Waals surface area contributed by atoms with Crippen molar-refractivity contribution in [2.24, 2.45) is 0 Å². The fourth-order valence-electron chi connectivity index (χ4n) is 3.83. The van der Waals surface area contributed by atoms with Crippen molar-refractivity contribution in [3.8, 4) is 0 Å². The number of piperazine rings is 1. The molecule has 126 valence electrons. The van der Waals surface area contributed by atoms with Gasteiger partial charge in [0, 0.05) is 44.1 Å². The van der Waals surface area contributed by atoms with E-state index >= 15 is 0 Å². The molecule has 2 atom stereocenters. The van der Waals surface area contributed by atoms with Crippen molar-refractivity contribution >= 4 is 10.0 Å². The van der Waals surface area contributed by atoms with Gasteiger partial charge in [0.1, 0.15) is 0 Å². The molecule has 0 spiro atoms. The Morgan fingerprint density at radius 3 is 2.50 bits per heavy atom. The van der Waals surface area contributed by atoms with Crippen molar-refractivity contribution in [1.29, 1.82) is 0 Å². The predicted octanol–water partition coefficient (Wildman–Crippen LogP) is 2.04. The normalized spacial score (nSPS) is 24.5. The summed E-state index contributed by atoms with van der Waals surface area (Å²) in [5.41, 5.74) is 2.19. The summed E-state index contributed by atoms with van der Waals surface area (Å²) < 4.78 is 27.6. The Bertz CT molecular complexity index is 826. The van der Waals surface area contributed by atoms with E-state index in [4.69, 9.17) is 0 Å². The second-order valence-electron chi connectivity index (χ2n) is 6.74. The Balaban J connectivity index is 1.49. The van der Waals surface area contributed by atoms with E-state index in [0.29, 0.717) is 4.90 Å². The quantitative estimate of drug-likeness (QED) is 0.852. The summed E-state index contributed by atoms with van der Waals surface area (Å²) in [4.78, 5) is 6.80. The summed E-state index contributed by atoms with van der Waals surface area (Å²) in [6, 6.07) is 11.4. The lowest BCUT2D eigenvalue weighted by atomic mass is 9.91. The van der Waals surface area contributed by atoms with E-state index in [-0.39, 0.29) is 12.1 Å². The van der Waals surface area contributed by atoms with Crippen LogP contribution in [0.15, 0.2) is 53.7 Å². The van der Waals surface area contributed by atoms with Gasteiger partial charge in [0.05, 0.1) is 4.90 Å². The van der Waals surface area contributed by atoms with Gasteiger partial charge in [-0.3, -0.25) is 9.88 Å². The first-order valence-electron chi connectivity index (χ1n) is 8.25. The summed E-state index contributed by atoms with van der Waals surface area (Å²) in [6.07, 6.45) is 4.57. The topological polar surface area (TPSA) is 53.5 Å². The van der Waals surface area contributed by atoms with Crippen LogP contribution in [-0.4, -0.2) is 47.8 Å². The maximum atomic E-state index is 12.9. The van der Waals surface area contributed by atoms with Gasteiger partial charge in [0.15, 0.2) is 0 Å². The van der Waals surface area contributed by atoms with E-state index in [1.807, 2.05) is 31.2 Å². The van der Waals surface area contributed by atoms with Crippen LogP contribution in [-0.2, 0) is 16.6 Å². The van der Waals surface area contributed by atoms with Crippen LogP contribution >= 0.6 is 0 Å². The van der Waals surface area contributed by atoms with E-state index in [1.54, 1.807) is 28.8 Å². The highest BCUT2D eigenvalue weighted by Gasteiger charge is 2.50. The molecule has 0 saturated carbocycles. The second-order valence-corrected chi connectivity index (χ2v) is 8.59. The maximum absolute atomic E-state index is 12.9. The molecule has 6 heteroatoms. The summed E-state index contributed by atoms with van der Waals surface area (Å²) >= 11 is 0. The average molecular weight is 343 g/mol. The number of rotatable bonds is 4. The van der Waals surface area contributed by atoms with Crippen molar-refractivity contribution in [3.63, 3.8) is 0 Å². The smallest absolute Gasteiger partial charge is 0.243 e. The molecule has 1 aromatic carbocycles. The molecule has 2 bridgehead atoms. The minimum Gasteiger partial charge on any atom is -0.296 e. The van der Waals surface area contributed by atoms with Gasteiger partial charge in [-0.1, -0.05) is 12.1 Å². The van der Waals surface area contributed by atoms with Crippen LogP contribution in [0.4, 0.5) is 0 Å². The molecule has 0 radical (unpaired) electrons. The maximum Gasteiger partial charge on any atom is 0.243 e. The molecule has 2 unspecified atom stereocenters. The number of sulfonamides is 1. The third-order valence-electron chi connectivity index (χ3n) is 4.92. The van der Waals surface area contributed by atoms with E-state index in [1.165, 1.54) is 5.56 Å². The van der Waals surface area contributed by atoms with Crippen LogP contribution < -0.4 is 0 Å². The summed E-state index contributed by atoms with van der Waals surface area (Å²) in [6.45, 7) is 4.37. The zero-order valence-electron chi connectivity index (χ0n) is 13.7. The Hall–Kier alpha value is -1.76. The molecule has 3 saturated heterocycles. The number of hydrogen-bond acceptors (Lipinski definition) is 4. The molecule has 4 heterocycles. The van der Waals surface area contributed by atoms with Crippen molar-refractivity contribution in [3.05, 3.63) is 59.9 Å². The van der Waals surface area contributed by atoms with E-state index in [0.717, 1.165) is 31.6 Å². The highest BCUT2D eigenvalue weighted by atomic mass is 32.2. The SMILES string of the molecule is Cc1cccc(S(=O)(=O)N2C3CC2CN(Cc2ccncc2)C3)c1. The number of piperidine rings is 1. The number of nitrogens with zero attached hydrogens (tertiary/aromatic N) is 3. The van der Waals surface area contributed by atoms with Crippen molar-refractivity contribution in [1.82, 2.24) is 14.2 Å². The molecule has 1 aromatic heterocycles. The molecule has 3 aliphatic heterocycles. The first-order chi connectivity index (χ1) is 11.5. The lowest BCUT2D eigenvalue weighted by molar-refractivity contribution is -0.0104. The van der Waals surface area contributed by atoms with Crippen LogP contribution in [0.1, 0.15) is 17.5 Å². The Morgan fingerprint density at radius 1 is 1.12 bits per heavy atom. The van der Waals surface area contributed by atoms with Crippen LogP contribution in [0.5, 0.6) is 0 Å². The lowest BCUT2D eigenvalue weighted by Crippen LogP contribution is -2.69. The minimum atomic E-state index is -3.38. The molecular formula is C18H21N3O2S. The fraction of sp³-hybridized carbons (Fsp3) is 0.389. The van der Waals surface area contributed by atoms with Crippen LogP contribution in [0.25, 0.3) is 0 Å². The van der Waals surface area contributed by atoms with Gasteiger partial charge in [0.25, 0.3) is 0 Å². The van der Waals surface area contributed by atoms with Crippen molar-refractivity contribution < 1.29 is 8.42 Å². The number of aryl methyl sites for hydroxylation is 1. The molecule has 0 amide bonds. The van der Waals surface area contributed by atoms with Gasteiger partial charge in [-0.05, 0) is 48.7 Å². The van der Waals surface area contributed by atoms with Gasteiger partial charge in [-0.2, -0.15) is 4.31 Å².